The lowest BCUT2D eigenvalue weighted by Crippen LogP contribution is -1.99. The van der Waals surface area contributed by atoms with Gasteiger partial charge in [-0.3, -0.25) is 4.79 Å². The Hall–Kier alpha value is -1.78. The lowest BCUT2D eigenvalue weighted by Gasteiger charge is -2.05. The Morgan fingerprint density at radius 3 is 2.44 bits per heavy atom. The molecule has 4 nitrogen and oxygen atoms in total. The van der Waals surface area contributed by atoms with Gasteiger partial charge < -0.3 is 9.52 Å². The Bertz CT molecular complexity index is 631. The van der Waals surface area contributed by atoms with Gasteiger partial charge in [-0.25, -0.2) is 4.79 Å². The molecule has 92 valence electrons. The second kappa shape index (κ2) is 4.84. The zero-order valence-corrected chi connectivity index (χ0v) is 10.3. The van der Waals surface area contributed by atoms with Crippen molar-refractivity contribution >= 4 is 35.5 Å². The molecule has 18 heavy (non-hydrogen) atoms. The van der Waals surface area contributed by atoms with Crippen LogP contribution in [0.25, 0.3) is 11.3 Å². The molecule has 0 aliphatic rings. The largest absolute Gasteiger partial charge is 0.478 e. The minimum absolute atomic E-state index is 0.0452. The van der Waals surface area contributed by atoms with Crippen LogP contribution < -0.4 is 0 Å². The summed E-state index contributed by atoms with van der Waals surface area (Å²) in [6, 6.07) is 5.57. The standard InChI is InChI=1S/C12H6Cl2O4/c13-9-3-7(8(12(16)17)4-10(9)14)11-2-1-6(5-15)18-11/h1-5H,(H,16,17). The predicted octanol–water partition coefficient (Wildman–Crippen LogP) is 3.76. The Balaban J connectivity index is 2.65. The van der Waals surface area contributed by atoms with Crippen molar-refractivity contribution in [3.63, 3.8) is 0 Å². The summed E-state index contributed by atoms with van der Waals surface area (Å²) in [5.74, 6) is -0.812. The highest BCUT2D eigenvalue weighted by Gasteiger charge is 2.17. The van der Waals surface area contributed by atoms with Gasteiger partial charge in [-0.05, 0) is 24.3 Å². The number of benzene rings is 1. The van der Waals surface area contributed by atoms with Gasteiger partial charge >= 0.3 is 5.97 Å². The minimum atomic E-state index is -1.16. The van der Waals surface area contributed by atoms with Gasteiger partial charge in [-0.1, -0.05) is 23.2 Å². The molecule has 2 aromatic rings. The van der Waals surface area contributed by atoms with E-state index in [0.717, 1.165) is 0 Å². The minimum Gasteiger partial charge on any atom is -0.478 e. The molecule has 1 aromatic heterocycles. The number of hydrogen-bond donors (Lipinski definition) is 1. The molecule has 1 heterocycles. The van der Waals surface area contributed by atoms with Crippen LogP contribution in [0.3, 0.4) is 0 Å². The Morgan fingerprint density at radius 1 is 1.22 bits per heavy atom. The highest BCUT2D eigenvalue weighted by Crippen LogP contribution is 2.33. The van der Waals surface area contributed by atoms with Crippen LogP contribution in [0.5, 0.6) is 0 Å². The molecule has 6 heteroatoms. The van der Waals surface area contributed by atoms with Crippen molar-refractivity contribution in [3.8, 4) is 11.3 Å². The third-order valence-electron chi connectivity index (χ3n) is 2.30. The number of hydrogen-bond acceptors (Lipinski definition) is 3. The first-order chi connectivity index (χ1) is 8.52. The van der Waals surface area contributed by atoms with Crippen molar-refractivity contribution in [2.24, 2.45) is 0 Å². The quantitative estimate of drug-likeness (QED) is 0.872. The Morgan fingerprint density at radius 2 is 1.89 bits per heavy atom. The summed E-state index contributed by atoms with van der Waals surface area (Å²) >= 11 is 11.6. The normalized spacial score (nSPS) is 10.3. The SMILES string of the molecule is O=Cc1ccc(-c2cc(Cl)c(Cl)cc2C(=O)O)o1. The average Bonchev–Trinajstić information content (AvgIpc) is 2.80. The van der Waals surface area contributed by atoms with Gasteiger partial charge in [0.1, 0.15) is 5.76 Å². The smallest absolute Gasteiger partial charge is 0.336 e. The van der Waals surface area contributed by atoms with Crippen LogP contribution >= 0.6 is 23.2 Å². The number of carboxylic acids is 1. The third kappa shape index (κ3) is 2.25. The van der Waals surface area contributed by atoms with Gasteiger partial charge in [-0.2, -0.15) is 0 Å². The number of carbonyl (C=O) groups excluding carboxylic acids is 1. The molecule has 1 aromatic carbocycles. The molecular formula is C12H6Cl2O4. The summed E-state index contributed by atoms with van der Waals surface area (Å²) in [6.07, 6.45) is 0.529. The maximum atomic E-state index is 11.1. The number of rotatable bonds is 3. The first-order valence-corrected chi connectivity index (χ1v) is 5.56. The van der Waals surface area contributed by atoms with E-state index >= 15 is 0 Å². The van der Waals surface area contributed by atoms with Crippen LogP contribution in [0.2, 0.25) is 10.0 Å². The van der Waals surface area contributed by atoms with Gasteiger partial charge in [0, 0.05) is 5.56 Å². The van der Waals surface area contributed by atoms with E-state index in [1.807, 2.05) is 0 Å². The molecule has 0 radical (unpaired) electrons. The average molecular weight is 285 g/mol. The molecule has 0 fully saturated rings. The number of furan rings is 1. The van der Waals surface area contributed by atoms with Gasteiger partial charge in [0.05, 0.1) is 15.6 Å². The van der Waals surface area contributed by atoms with Gasteiger partial charge in [-0.15, -0.1) is 0 Å². The predicted molar refractivity (Wildman–Crippen MR) is 66.5 cm³/mol. The van der Waals surface area contributed by atoms with Crippen LogP contribution in [-0.4, -0.2) is 17.4 Å². The van der Waals surface area contributed by atoms with Crippen LogP contribution in [-0.2, 0) is 0 Å². The molecule has 0 atom stereocenters. The molecule has 1 N–H and O–H groups in total. The van der Waals surface area contributed by atoms with E-state index in [4.69, 9.17) is 32.7 Å². The van der Waals surface area contributed by atoms with Crippen molar-refractivity contribution in [3.05, 3.63) is 45.6 Å². The summed E-state index contributed by atoms with van der Waals surface area (Å²) in [5.41, 5.74) is 0.223. The number of aldehydes is 1. The van der Waals surface area contributed by atoms with Crippen molar-refractivity contribution < 1.29 is 19.1 Å². The van der Waals surface area contributed by atoms with Crippen LogP contribution in [0.1, 0.15) is 20.9 Å². The first kappa shape index (κ1) is 12.7. The lowest BCUT2D eigenvalue weighted by molar-refractivity contribution is 0.0697. The monoisotopic (exact) mass is 284 g/mol. The molecule has 0 spiro atoms. The molecule has 0 saturated heterocycles. The van der Waals surface area contributed by atoms with Crippen LogP contribution in [0.15, 0.2) is 28.7 Å². The van der Waals surface area contributed by atoms with Gasteiger partial charge in [0.25, 0.3) is 0 Å². The topological polar surface area (TPSA) is 67.5 Å². The van der Waals surface area contributed by atoms with E-state index in [1.165, 1.54) is 24.3 Å². The maximum absolute atomic E-state index is 11.1. The fourth-order valence-corrected chi connectivity index (χ4v) is 1.82. The Labute approximate surface area is 112 Å². The maximum Gasteiger partial charge on any atom is 0.336 e. The van der Waals surface area contributed by atoms with Crippen LogP contribution in [0, 0.1) is 0 Å². The fraction of sp³-hybridized carbons (Fsp3) is 0. The number of carbonyl (C=O) groups is 2. The summed E-state index contributed by atoms with van der Waals surface area (Å²) in [4.78, 5) is 21.7. The zero-order valence-electron chi connectivity index (χ0n) is 8.81. The van der Waals surface area contributed by atoms with E-state index in [0.29, 0.717) is 6.29 Å². The number of carboxylic acid groups (broad SMARTS) is 1. The van der Waals surface area contributed by atoms with Crippen molar-refractivity contribution in [1.29, 1.82) is 0 Å². The second-order valence-electron chi connectivity index (χ2n) is 3.44. The summed E-state index contributed by atoms with van der Waals surface area (Å²) in [7, 11) is 0. The molecule has 2 rings (SSSR count). The Kier molecular flexibility index (Phi) is 3.41. The van der Waals surface area contributed by atoms with Crippen LogP contribution in [0.4, 0.5) is 0 Å². The van der Waals surface area contributed by atoms with Crippen molar-refractivity contribution in [2.45, 2.75) is 0 Å². The van der Waals surface area contributed by atoms with E-state index in [1.54, 1.807) is 0 Å². The molecule has 0 amide bonds. The molecule has 0 bridgehead atoms. The molecule has 0 unspecified atom stereocenters. The summed E-state index contributed by atoms with van der Waals surface area (Å²) < 4.78 is 5.17. The molecule has 0 aliphatic heterocycles. The zero-order chi connectivity index (χ0) is 13.3. The highest BCUT2D eigenvalue weighted by atomic mass is 35.5. The van der Waals surface area contributed by atoms with Crippen molar-refractivity contribution in [2.75, 3.05) is 0 Å². The van der Waals surface area contributed by atoms with E-state index in [-0.39, 0.29) is 32.7 Å². The summed E-state index contributed by atoms with van der Waals surface area (Å²) in [6.45, 7) is 0. The first-order valence-electron chi connectivity index (χ1n) is 4.80. The van der Waals surface area contributed by atoms with E-state index in [9.17, 15) is 9.59 Å². The van der Waals surface area contributed by atoms with Gasteiger partial charge in [0.15, 0.2) is 12.0 Å². The number of aromatic carboxylic acids is 1. The third-order valence-corrected chi connectivity index (χ3v) is 3.02. The van der Waals surface area contributed by atoms with Crippen molar-refractivity contribution in [1.82, 2.24) is 0 Å². The highest BCUT2D eigenvalue weighted by molar-refractivity contribution is 6.42. The molecular weight excluding hydrogens is 279 g/mol. The fourth-order valence-electron chi connectivity index (χ4n) is 1.49. The van der Waals surface area contributed by atoms with E-state index in [2.05, 4.69) is 0 Å². The van der Waals surface area contributed by atoms with Gasteiger partial charge in [0.2, 0.25) is 0 Å². The molecule has 0 aliphatic carbocycles. The lowest BCUT2D eigenvalue weighted by atomic mass is 10.1. The second-order valence-corrected chi connectivity index (χ2v) is 4.25. The molecule has 0 saturated carbocycles. The summed E-state index contributed by atoms with van der Waals surface area (Å²) in [5, 5.41) is 9.44. The van der Waals surface area contributed by atoms with E-state index < -0.39 is 5.97 Å². The number of halogens is 2.